The van der Waals surface area contributed by atoms with E-state index in [1.54, 1.807) is 11.3 Å². The van der Waals surface area contributed by atoms with Gasteiger partial charge in [0.05, 0.1) is 5.69 Å². The van der Waals surface area contributed by atoms with E-state index in [0.29, 0.717) is 24.9 Å². The molecule has 0 spiro atoms. The molecule has 4 heterocycles. The zero-order valence-electron chi connectivity index (χ0n) is 11.2. The van der Waals surface area contributed by atoms with E-state index in [-0.39, 0.29) is 0 Å². The van der Waals surface area contributed by atoms with Gasteiger partial charge in [-0.05, 0) is 6.42 Å². The highest BCUT2D eigenvalue weighted by atomic mass is 32.1. The highest BCUT2D eigenvalue weighted by Gasteiger charge is 2.36. The molecular formula is C13H17N5OS. The van der Waals surface area contributed by atoms with Crippen LogP contribution in [0.5, 0.6) is 0 Å². The Hall–Kier alpha value is -1.60. The first-order valence-electron chi connectivity index (χ1n) is 6.97. The molecule has 7 heteroatoms. The number of aromatic nitrogens is 2. The lowest BCUT2D eigenvalue weighted by Gasteiger charge is -2.38. The van der Waals surface area contributed by atoms with Crippen LogP contribution in [-0.2, 0) is 11.3 Å². The van der Waals surface area contributed by atoms with Crippen molar-refractivity contribution in [3.8, 4) is 0 Å². The number of anilines is 1. The van der Waals surface area contributed by atoms with Gasteiger partial charge in [0.1, 0.15) is 0 Å². The van der Waals surface area contributed by atoms with Crippen molar-refractivity contribution in [3.05, 3.63) is 17.3 Å². The molecule has 106 valence electrons. The second kappa shape index (κ2) is 4.46. The summed E-state index contributed by atoms with van der Waals surface area (Å²) in [5, 5.41) is 2.03. The summed E-state index contributed by atoms with van der Waals surface area (Å²) < 4.78 is 2.08. The van der Waals surface area contributed by atoms with Crippen LogP contribution in [0, 0.1) is 0 Å². The fraction of sp³-hybridized carbons (Fsp3) is 0.538. The van der Waals surface area contributed by atoms with Crippen LogP contribution in [0.3, 0.4) is 0 Å². The second-order valence-corrected chi connectivity index (χ2v) is 6.24. The van der Waals surface area contributed by atoms with E-state index in [0.717, 1.165) is 42.5 Å². The van der Waals surface area contributed by atoms with Crippen LogP contribution >= 0.6 is 11.3 Å². The number of fused-ring (bicyclic) bond motifs is 2. The van der Waals surface area contributed by atoms with Gasteiger partial charge in [0, 0.05) is 50.2 Å². The summed E-state index contributed by atoms with van der Waals surface area (Å²) in [5.74, 6) is 1.30. The molecule has 0 aromatic carbocycles. The summed E-state index contributed by atoms with van der Waals surface area (Å²) in [6.07, 6.45) is 3.68. The maximum Gasteiger partial charge on any atom is 0.223 e. The molecule has 6 nitrogen and oxygen atoms in total. The third-order valence-corrected chi connectivity index (χ3v) is 5.08. The smallest absolute Gasteiger partial charge is 0.223 e. The molecule has 2 fully saturated rings. The van der Waals surface area contributed by atoms with Crippen molar-refractivity contribution in [2.24, 2.45) is 5.73 Å². The van der Waals surface area contributed by atoms with Crippen molar-refractivity contribution in [1.82, 2.24) is 14.3 Å². The van der Waals surface area contributed by atoms with Gasteiger partial charge in [-0.2, -0.15) is 0 Å². The lowest BCUT2D eigenvalue weighted by atomic mass is 10.1. The summed E-state index contributed by atoms with van der Waals surface area (Å²) in [6.45, 7) is 3.01. The summed E-state index contributed by atoms with van der Waals surface area (Å²) in [7, 11) is 0. The molecule has 4 rings (SSSR count). The molecule has 1 unspecified atom stereocenters. The molecule has 2 N–H and O–H groups in total. The molecule has 1 atom stereocenters. The number of imidazole rings is 1. The van der Waals surface area contributed by atoms with Gasteiger partial charge in [-0.15, -0.1) is 11.3 Å². The summed E-state index contributed by atoms with van der Waals surface area (Å²) in [4.78, 5) is 21.8. The van der Waals surface area contributed by atoms with E-state index in [4.69, 9.17) is 10.7 Å². The number of carbonyl (C=O) groups is 1. The van der Waals surface area contributed by atoms with Crippen molar-refractivity contribution in [2.45, 2.75) is 25.4 Å². The molecule has 2 aliphatic heterocycles. The van der Waals surface area contributed by atoms with Crippen molar-refractivity contribution < 1.29 is 4.79 Å². The monoisotopic (exact) mass is 291 g/mol. The van der Waals surface area contributed by atoms with Gasteiger partial charge in [0.15, 0.2) is 10.8 Å². The largest absolute Gasteiger partial charge is 0.351 e. The van der Waals surface area contributed by atoms with Gasteiger partial charge in [-0.3, -0.25) is 9.20 Å². The topological polar surface area (TPSA) is 66.9 Å². The van der Waals surface area contributed by atoms with E-state index < -0.39 is 0 Å². The van der Waals surface area contributed by atoms with Crippen LogP contribution in [0.2, 0.25) is 0 Å². The first-order chi connectivity index (χ1) is 9.78. The lowest BCUT2D eigenvalue weighted by Crippen LogP contribution is -2.51. The number of hydrogen-bond acceptors (Lipinski definition) is 5. The van der Waals surface area contributed by atoms with Crippen LogP contribution in [-0.4, -0.2) is 45.9 Å². The Morgan fingerprint density at radius 2 is 2.35 bits per heavy atom. The maximum atomic E-state index is 11.7. The third-order valence-electron chi connectivity index (χ3n) is 4.33. The van der Waals surface area contributed by atoms with Gasteiger partial charge in [-0.25, -0.2) is 4.98 Å². The molecular weight excluding hydrogens is 274 g/mol. The number of piperazine rings is 1. The molecule has 2 saturated heterocycles. The van der Waals surface area contributed by atoms with Crippen molar-refractivity contribution in [2.75, 3.05) is 24.5 Å². The highest BCUT2D eigenvalue weighted by molar-refractivity contribution is 7.15. The van der Waals surface area contributed by atoms with Crippen LogP contribution in [0.1, 0.15) is 18.5 Å². The third kappa shape index (κ3) is 1.66. The summed E-state index contributed by atoms with van der Waals surface area (Å²) in [6, 6.07) is 0.349. The Morgan fingerprint density at radius 3 is 3.20 bits per heavy atom. The van der Waals surface area contributed by atoms with Gasteiger partial charge >= 0.3 is 0 Å². The first-order valence-corrected chi connectivity index (χ1v) is 7.85. The number of rotatable bonds is 2. The van der Waals surface area contributed by atoms with Crippen LogP contribution < -0.4 is 10.6 Å². The molecule has 0 saturated carbocycles. The zero-order valence-corrected chi connectivity index (χ0v) is 12.0. The number of nitrogens with zero attached hydrogens (tertiary/aromatic N) is 4. The molecule has 0 bridgehead atoms. The summed E-state index contributed by atoms with van der Waals surface area (Å²) >= 11 is 1.63. The zero-order chi connectivity index (χ0) is 13.7. The predicted molar refractivity (Wildman–Crippen MR) is 77.9 cm³/mol. The fourth-order valence-electron chi connectivity index (χ4n) is 3.32. The van der Waals surface area contributed by atoms with Crippen molar-refractivity contribution in [3.63, 3.8) is 0 Å². The highest BCUT2D eigenvalue weighted by Crippen LogP contribution is 2.29. The molecule has 1 amide bonds. The molecule has 2 aliphatic rings. The van der Waals surface area contributed by atoms with E-state index in [2.05, 4.69) is 9.30 Å². The minimum atomic E-state index is 0.305. The molecule has 2 aromatic rings. The van der Waals surface area contributed by atoms with E-state index in [9.17, 15) is 4.79 Å². The van der Waals surface area contributed by atoms with Crippen LogP contribution in [0.25, 0.3) is 4.96 Å². The fourth-order valence-corrected chi connectivity index (χ4v) is 4.05. The number of amides is 1. The molecule has 0 aliphatic carbocycles. The van der Waals surface area contributed by atoms with Crippen molar-refractivity contribution >= 4 is 28.0 Å². The van der Waals surface area contributed by atoms with Crippen LogP contribution in [0.15, 0.2) is 11.6 Å². The number of carbonyl (C=O) groups excluding carboxylic acids is 1. The average Bonchev–Trinajstić information content (AvgIpc) is 3.12. The molecule has 0 radical (unpaired) electrons. The number of thiazole rings is 1. The van der Waals surface area contributed by atoms with Gasteiger partial charge in [0.25, 0.3) is 0 Å². The van der Waals surface area contributed by atoms with E-state index in [1.807, 2.05) is 16.5 Å². The first kappa shape index (κ1) is 12.2. The minimum absolute atomic E-state index is 0.305. The Kier molecular flexibility index (Phi) is 2.71. The SMILES string of the molecule is NCc1c(N2CCN3C(=O)CCC3C2)nc2sccn12. The summed E-state index contributed by atoms with van der Waals surface area (Å²) in [5.41, 5.74) is 6.98. The lowest BCUT2D eigenvalue weighted by molar-refractivity contribution is -0.129. The van der Waals surface area contributed by atoms with Gasteiger partial charge < -0.3 is 15.5 Å². The predicted octanol–water partition coefficient (Wildman–Crippen LogP) is 0.665. The normalized spacial score (nSPS) is 22.9. The van der Waals surface area contributed by atoms with Gasteiger partial charge in [0.2, 0.25) is 5.91 Å². The number of nitrogens with two attached hydrogens (primary N) is 1. The Bertz CT molecular complexity index is 663. The Morgan fingerprint density at radius 1 is 1.45 bits per heavy atom. The molecule has 2 aromatic heterocycles. The van der Waals surface area contributed by atoms with Gasteiger partial charge in [-0.1, -0.05) is 0 Å². The second-order valence-electron chi connectivity index (χ2n) is 5.37. The van der Waals surface area contributed by atoms with E-state index >= 15 is 0 Å². The van der Waals surface area contributed by atoms with Crippen molar-refractivity contribution in [1.29, 1.82) is 0 Å². The van der Waals surface area contributed by atoms with E-state index in [1.165, 1.54) is 0 Å². The molecule has 20 heavy (non-hydrogen) atoms. The standard InChI is InChI=1S/C13H17N5OS/c14-7-10-12(15-13-18(10)5-6-20-13)16-3-4-17-9(8-16)1-2-11(17)19/h5-6,9H,1-4,7-8,14H2. The quantitative estimate of drug-likeness (QED) is 0.883. The Labute approximate surface area is 120 Å². The van der Waals surface area contributed by atoms with Crippen LogP contribution in [0.4, 0.5) is 5.82 Å². The average molecular weight is 291 g/mol. The maximum absolute atomic E-state index is 11.7. The number of hydrogen-bond donors (Lipinski definition) is 1. The Balaban J connectivity index is 1.66. The minimum Gasteiger partial charge on any atom is -0.351 e.